The molecule has 0 aliphatic heterocycles. The number of Topliss-reactive ketones (excluding diaryl/α,β-unsaturated/α-hetero) is 1. The molecular weight excluding hydrogens is 485 g/mol. The highest BCUT2D eigenvalue weighted by atomic mass is 19.4. The third kappa shape index (κ3) is 6.17. The van der Waals surface area contributed by atoms with Crippen molar-refractivity contribution in [3.63, 3.8) is 0 Å². The van der Waals surface area contributed by atoms with Gasteiger partial charge in [-0.1, -0.05) is 42.8 Å². The molecule has 3 aromatic rings. The number of ketones is 1. The van der Waals surface area contributed by atoms with E-state index in [-0.39, 0.29) is 23.4 Å². The highest BCUT2D eigenvalue weighted by Gasteiger charge is 2.38. The lowest BCUT2D eigenvalue weighted by molar-refractivity contribution is -0.146. The summed E-state index contributed by atoms with van der Waals surface area (Å²) < 4.78 is 42.8. The summed E-state index contributed by atoms with van der Waals surface area (Å²) in [6.07, 6.45) is -2.30. The van der Waals surface area contributed by atoms with E-state index in [4.69, 9.17) is 4.74 Å². The fourth-order valence-corrected chi connectivity index (χ4v) is 4.53. The van der Waals surface area contributed by atoms with Crippen LogP contribution in [0, 0.1) is 11.8 Å². The fraction of sp³-hybridized carbons (Fsp3) is 0.250. The van der Waals surface area contributed by atoms with Gasteiger partial charge in [-0.25, -0.2) is 4.79 Å². The topological polar surface area (TPSA) is 84.5 Å². The van der Waals surface area contributed by atoms with E-state index in [0.717, 1.165) is 29.7 Å². The number of benzene rings is 3. The SMILES string of the molecule is COC(=O)[C@@H]1CCC[C@H]1C(=O)c1ccc(-c2ccc(NC(=O)Nc3ccc(C(F)(F)F)cc3)cc2)cc1. The number of ether oxygens (including phenoxy) is 1. The van der Waals surface area contributed by atoms with Crippen LogP contribution in [-0.4, -0.2) is 24.9 Å². The Morgan fingerprint density at radius 2 is 1.24 bits per heavy atom. The Balaban J connectivity index is 1.36. The number of anilines is 2. The molecule has 0 unspecified atom stereocenters. The van der Waals surface area contributed by atoms with Gasteiger partial charge < -0.3 is 15.4 Å². The van der Waals surface area contributed by atoms with Crippen LogP contribution in [0.1, 0.15) is 35.2 Å². The minimum Gasteiger partial charge on any atom is -0.469 e. The van der Waals surface area contributed by atoms with Crippen LogP contribution in [-0.2, 0) is 15.7 Å². The first-order valence-electron chi connectivity index (χ1n) is 11.7. The van der Waals surface area contributed by atoms with Gasteiger partial charge in [-0.15, -0.1) is 0 Å². The molecule has 1 saturated carbocycles. The number of alkyl halides is 3. The summed E-state index contributed by atoms with van der Waals surface area (Å²) in [7, 11) is 1.34. The van der Waals surface area contributed by atoms with E-state index in [2.05, 4.69) is 10.6 Å². The van der Waals surface area contributed by atoms with Crippen molar-refractivity contribution in [2.75, 3.05) is 17.7 Å². The van der Waals surface area contributed by atoms with Crippen molar-refractivity contribution in [1.82, 2.24) is 0 Å². The molecule has 2 N–H and O–H groups in total. The maximum absolute atomic E-state index is 13.0. The van der Waals surface area contributed by atoms with E-state index in [1.807, 2.05) is 12.1 Å². The highest BCUT2D eigenvalue weighted by Crippen LogP contribution is 2.35. The molecule has 0 aromatic heterocycles. The summed E-state index contributed by atoms with van der Waals surface area (Å²) in [6.45, 7) is 0. The summed E-state index contributed by atoms with van der Waals surface area (Å²) in [5.41, 5.74) is 2.20. The molecule has 9 heteroatoms. The van der Waals surface area contributed by atoms with Crippen LogP contribution < -0.4 is 10.6 Å². The molecule has 2 amide bonds. The molecule has 0 spiro atoms. The van der Waals surface area contributed by atoms with Crippen LogP contribution in [0.3, 0.4) is 0 Å². The average molecular weight is 511 g/mol. The summed E-state index contributed by atoms with van der Waals surface area (Å²) in [5, 5.41) is 5.12. The van der Waals surface area contributed by atoms with E-state index in [9.17, 15) is 27.6 Å². The van der Waals surface area contributed by atoms with Crippen molar-refractivity contribution in [3.05, 3.63) is 83.9 Å². The number of urea groups is 1. The van der Waals surface area contributed by atoms with Crippen molar-refractivity contribution < 1.29 is 32.3 Å². The van der Waals surface area contributed by atoms with E-state index in [0.29, 0.717) is 24.1 Å². The number of rotatable bonds is 6. The van der Waals surface area contributed by atoms with Gasteiger partial charge in [0.05, 0.1) is 18.6 Å². The van der Waals surface area contributed by atoms with E-state index in [1.165, 1.54) is 19.2 Å². The Kier molecular flexibility index (Phi) is 7.61. The van der Waals surface area contributed by atoms with Gasteiger partial charge in [0.15, 0.2) is 5.78 Å². The first-order chi connectivity index (χ1) is 17.7. The second-order valence-corrected chi connectivity index (χ2v) is 8.84. The van der Waals surface area contributed by atoms with Gasteiger partial charge in [0, 0.05) is 22.9 Å². The largest absolute Gasteiger partial charge is 0.469 e. The molecule has 1 aliphatic rings. The van der Waals surface area contributed by atoms with Crippen molar-refractivity contribution in [3.8, 4) is 11.1 Å². The van der Waals surface area contributed by atoms with Crippen molar-refractivity contribution >= 4 is 29.2 Å². The number of hydrogen-bond donors (Lipinski definition) is 2. The summed E-state index contributed by atoms with van der Waals surface area (Å²) >= 11 is 0. The predicted molar refractivity (Wildman–Crippen MR) is 133 cm³/mol. The number of nitrogens with one attached hydrogen (secondary N) is 2. The number of halogens is 3. The Morgan fingerprint density at radius 1 is 0.757 bits per heavy atom. The Labute approximate surface area is 211 Å². The van der Waals surface area contributed by atoms with Gasteiger partial charge in [0.2, 0.25) is 0 Å². The molecule has 1 fully saturated rings. The fourth-order valence-electron chi connectivity index (χ4n) is 4.53. The number of esters is 1. The van der Waals surface area contributed by atoms with Crippen LogP contribution in [0.25, 0.3) is 11.1 Å². The predicted octanol–water partition coefficient (Wildman–Crippen LogP) is 6.79. The van der Waals surface area contributed by atoms with Crippen LogP contribution in [0.15, 0.2) is 72.8 Å². The molecule has 0 bridgehead atoms. The van der Waals surface area contributed by atoms with Gasteiger partial charge in [0.25, 0.3) is 0 Å². The van der Waals surface area contributed by atoms with Crippen LogP contribution >= 0.6 is 0 Å². The summed E-state index contributed by atoms with van der Waals surface area (Å²) in [5.74, 6) is -1.15. The van der Waals surface area contributed by atoms with E-state index >= 15 is 0 Å². The molecule has 3 aromatic carbocycles. The summed E-state index contributed by atoms with van der Waals surface area (Å²) in [4.78, 5) is 37.2. The second kappa shape index (κ2) is 10.9. The zero-order valence-electron chi connectivity index (χ0n) is 20.0. The first-order valence-corrected chi connectivity index (χ1v) is 11.7. The highest BCUT2D eigenvalue weighted by molar-refractivity contribution is 6.01. The smallest absolute Gasteiger partial charge is 0.416 e. The zero-order valence-corrected chi connectivity index (χ0v) is 20.0. The standard InChI is InChI=1S/C28H25F3N2O4/c1-37-26(35)24-4-2-3-23(24)25(34)19-7-5-17(6-8-19)18-9-13-21(14-10-18)32-27(36)33-22-15-11-20(12-16-22)28(29,30)31/h5-16,23-24H,2-4H2,1H3,(H2,32,33,36)/t23-,24-/m1/s1. The number of hydrogen-bond acceptors (Lipinski definition) is 4. The van der Waals surface area contributed by atoms with Gasteiger partial charge in [-0.05, 0) is 60.4 Å². The lowest BCUT2D eigenvalue weighted by atomic mass is 9.88. The van der Waals surface area contributed by atoms with Gasteiger partial charge >= 0.3 is 18.2 Å². The minimum atomic E-state index is -4.44. The summed E-state index contributed by atoms with van der Waals surface area (Å²) in [6, 6.07) is 17.7. The van der Waals surface area contributed by atoms with Crippen LogP contribution in [0.2, 0.25) is 0 Å². The molecule has 4 rings (SSSR count). The molecule has 37 heavy (non-hydrogen) atoms. The Morgan fingerprint density at radius 3 is 1.76 bits per heavy atom. The molecule has 0 saturated heterocycles. The molecule has 1 aliphatic carbocycles. The first kappa shape index (κ1) is 25.9. The normalized spacial score (nSPS) is 17.2. The van der Waals surface area contributed by atoms with Gasteiger partial charge in [-0.2, -0.15) is 13.2 Å². The Bertz CT molecular complexity index is 1270. The zero-order chi connectivity index (χ0) is 26.6. The number of carbonyl (C=O) groups excluding carboxylic acids is 3. The minimum absolute atomic E-state index is 0.0574. The van der Waals surface area contributed by atoms with Crippen LogP contribution in [0.5, 0.6) is 0 Å². The molecular formula is C28H25F3N2O4. The maximum Gasteiger partial charge on any atom is 0.416 e. The second-order valence-electron chi connectivity index (χ2n) is 8.84. The van der Waals surface area contributed by atoms with E-state index < -0.39 is 23.7 Å². The number of amides is 2. The lowest BCUT2D eigenvalue weighted by Gasteiger charge is -2.16. The van der Waals surface area contributed by atoms with Gasteiger partial charge in [-0.3, -0.25) is 9.59 Å². The average Bonchev–Trinajstić information content (AvgIpc) is 3.38. The van der Waals surface area contributed by atoms with Crippen molar-refractivity contribution in [1.29, 1.82) is 0 Å². The van der Waals surface area contributed by atoms with Crippen molar-refractivity contribution in [2.24, 2.45) is 11.8 Å². The quantitative estimate of drug-likeness (QED) is 0.283. The third-order valence-electron chi connectivity index (χ3n) is 6.47. The molecule has 192 valence electrons. The molecule has 0 radical (unpaired) electrons. The molecule has 2 atom stereocenters. The monoisotopic (exact) mass is 510 g/mol. The Hall–Kier alpha value is -4.14. The van der Waals surface area contributed by atoms with E-state index in [1.54, 1.807) is 36.4 Å². The number of carbonyl (C=O) groups is 3. The van der Waals surface area contributed by atoms with Gasteiger partial charge in [0.1, 0.15) is 0 Å². The van der Waals surface area contributed by atoms with Crippen LogP contribution in [0.4, 0.5) is 29.3 Å². The van der Waals surface area contributed by atoms with Crippen molar-refractivity contribution in [2.45, 2.75) is 25.4 Å². The molecule has 0 heterocycles. The lowest BCUT2D eigenvalue weighted by Crippen LogP contribution is -2.26. The number of methoxy groups -OCH3 is 1. The molecule has 6 nitrogen and oxygen atoms in total. The third-order valence-corrected chi connectivity index (χ3v) is 6.47. The maximum atomic E-state index is 13.0.